The van der Waals surface area contributed by atoms with Gasteiger partial charge in [0, 0.05) is 25.2 Å². The van der Waals surface area contributed by atoms with Crippen molar-refractivity contribution in [2.45, 2.75) is 63.8 Å². The van der Waals surface area contributed by atoms with Crippen molar-refractivity contribution in [3.63, 3.8) is 0 Å². The van der Waals surface area contributed by atoms with Crippen LogP contribution in [0.25, 0.3) is 0 Å². The van der Waals surface area contributed by atoms with Gasteiger partial charge in [-0.2, -0.15) is 0 Å². The van der Waals surface area contributed by atoms with Gasteiger partial charge in [-0.1, -0.05) is 12.8 Å². The number of nitrogens with zero attached hydrogens (tertiary/aromatic N) is 1. The van der Waals surface area contributed by atoms with Gasteiger partial charge in [0.1, 0.15) is 0 Å². The van der Waals surface area contributed by atoms with Crippen LogP contribution >= 0.6 is 0 Å². The van der Waals surface area contributed by atoms with Gasteiger partial charge in [-0.15, -0.1) is 0 Å². The van der Waals surface area contributed by atoms with Gasteiger partial charge in [-0.05, 0) is 33.7 Å². The first kappa shape index (κ1) is 12.3. The van der Waals surface area contributed by atoms with Crippen molar-refractivity contribution in [2.75, 3.05) is 20.1 Å². The van der Waals surface area contributed by atoms with Gasteiger partial charge in [0.2, 0.25) is 0 Å². The van der Waals surface area contributed by atoms with Gasteiger partial charge in [0.05, 0.1) is 12.2 Å². The van der Waals surface area contributed by atoms with E-state index in [0.717, 1.165) is 19.1 Å². The summed E-state index contributed by atoms with van der Waals surface area (Å²) in [5.41, 5.74) is 0. The van der Waals surface area contributed by atoms with E-state index in [1.165, 1.54) is 25.7 Å². The topological polar surface area (TPSA) is 24.5 Å². The number of nitrogens with one attached hydrogen (secondary N) is 1. The fraction of sp³-hybridized carbons (Fsp3) is 1.00. The molecule has 1 aliphatic heterocycles. The predicted octanol–water partition coefficient (Wildman–Crippen LogP) is 1.63. The van der Waals surface area contributed by atoms with Crippen LogP contribution in [0.5, 0.6) is 0 Å². The Morgan fingerprint density at radius 1 is 1.19 bits per heavy atom. The average Bonchev–Trinajstić information content (AvgIpc) is 2.14. The molecule has 0 unspecified atom stereocenters. The predicted molar refractivity (Wildman–Crippen MR) is 66.7 cm³/mol. The molecule has 94 valence electrons. The first-order valence-electron chi connectivity index (χ1n) is 6.76. The molecule has 0 spiro atoms. The molecule has 2 aliphatic rings. The zero-order valence-corrected chi connectivity index (χ0v) is 10.9. The average molecular weight is 226 g/mol. The maximum atomic E-state index is 6.08. The van der Waals surface area contributed by atoms with E-state index in [0.29, 0.717) is 18.2 Å². The monoisotopic (exact) mass is 226 g/mol. The van der Waals surface area contributed by atoms with Gasteiger partial charge in [0.25, 0.3) is 0 Å². The Morgan fingerprint density at radius 3 is 2.44 bits per heavy atom. The van der Waals surface area contributed by atoms with Gasteiger partial charge in [-0.3, -0.25) is 4.90 Å². The molecule has 1 heterocycles. The summed E-state index contributed by atoms with van der Waals surface area (Å²) >= 11 is 0. The normalized spacial score (nSPS) is 32.1. The maximum absolute atomic E-state index is 6.08. The Kier molecular flexibility index (Phi) is 4.22. The summed E-state index contributed by atoms with van der Waals surface area (Å²) in [5, 5.41) is 3.35. The van der Waals surface area contributed by atoms with Gasteiger partial charge in [-0.25, -0.2) is 0 Å². The summed E-state index contributed by atoms with van der Waals surface area (Å²) in [4.78, 5) is 2.56. The highest BCUT2D eigenvalue weighted by molar-refractivity contribution is 4.91. The molecule has 1 aliphatic carbocycles. The molecule has 2 atom stereocenters. The molecule has 3 nitrogen and oxygen atoms in total. The van der Waals surface area contributed by atoms with Gasteiger partial charge < -0.3 is 10.1 Å². The van der Waals surface area contributed by atoms with Crippen LogP contribution in [0, 0.1) is 0 Å². The van der Waals surface area contributed by atoms with E-state index in [1.54, 1.807) is 0 Å². The molecule has 1 N–H and O–H groups in total. The highest BCUT2D eigenvalue weighted by Gasteiger charge is 2.34. The minimum Gasteiger partial charge on any atom is -0.374 e. The van der Waals surface area contributed by atoms with Crippen LogP contribution < -0.4 is 5.32 Å². The zero-order chi connectivity index (χ0) is 11.5. The second-order valence-electron chi connectivity index (χ2n) is 5.55. The van der Waals surface area contributed by atoms with Crippen molar-refractivity contribution in [2.24, 2.45) is 0 Å². The summed E-state index contributed by atoms with van der Waals surface area (Å²) in [6.07, 6.45) is 6.08. The largest absolute Gasteiger partial charge is 0.374 e. The minimum atomic E-state index is 0.360. The molecular weight excluding hydrogens is 200 g/mol. The van der Waals surface area contributed by atoms with Crippen LogP contribution in [0.1, 0.15) is 39.5 Å². The quantitative estimate of drug-likeness (QED) is 0.788. The Balaban J connectivity index is 1.92. The molecule has 3 heteroatoms. The van der Waals surface area contributed by atoms with Crippen LogP contribution in [-0.4, -0.2) is 49.3 Å². The van der Waals surface area contributed by atoms with E-state index in [2.05, 4.69) is 31.1 Å². The third kappa shape index (κ3) is 2.76. The van der Waals surface area contributed by atoms with Crippen LogP contribution in [0.15, 0.2) is 0 Å². The molecule has 0 aromatic heterocycles. The van der Waals surface area contributed by atoms with Crippen LogP contribution in [-0.2, 0) is 4.74 Å². The van der Waals surface area contributed by atoms with Crippen LogP contribution in [0.2, 0.25) is 0 Å². The van der Waals surface area contributed by atoms with E-state index in [1.807, 2.05) is 0 Å². The van der Waals surface area contributed by atoms with Crippen molar-refractivity contribution in [3.05, 3.63) is 0 Å². The van der Waals surface area contributed by atoms with Crippen molar-refractivity contribution in [1.82, 2.24) is 10.2 Å². The van der Waals surface area contributed by atoms with Crippen molar-refractivity contribution in [3.8, 4) is 0 Å². The zero-order valence-electron chi connectivity index (χ0n) is 10.9. The van der Waals surface area contributed by atoms with Gasteiger partial charge >= 0.3 is 0 Å². The molecule has 2 rings (SSSR count). The van der Waals surface area contributed by atoms with E-state index < -0.39 is 0 Å². The summed E-state index contributed by atoms with van der Waals surface area (Å²) in [5.74, 6) is 0. The highest BCUT2D eigenvalue weighted by atomic mass is 16.5. The molecule has 0 aromatic rings. The first-order valence-corrected chi connectivity index (χ1v) is 6.76. The molecule has 0 radical (unpaired) electrons. The minimum absolute atomic E-state index is 0.360. The van der Waals surface area contributed by atoms with E-state index >= 15 is 0 Å². The fourth-order valence-electron chi connectivity index (χ4n) is 2.88. The van der Waals surface area contributed by atoms with Crippen molar-refractivity contribution in [1.29, 1.82) is 0 Å². The molecular formula is C13H26N2O. The third-order valence-corrected chi connectivity index (χ3v) is 3.97. The van der Waals surface area contributed by atoms with Gasteiger partial charge in [0.15, 0.2) is 0 Å². The summed E-state index contributed by atoms with van der Waals surface area (Å²) in [7, 11) is 2.28. The number of rotatable bonds is 4. The molecule has 16 heavy (non-hydrogen) atoms. The molecule has 0 amide bonds. The number of ether oxygens (including phenoxy) is 1. The van der Waals surface area contributed by atoms with E-state index in [-0.39, 0.29) is 0 Å². The summed E-state index contributed by atoms with van der Waals surface area (Å²) in [6.45, 7) is 6.61. The lowest BCUT2D eigenvalue weighted by Crippen LogP contribution is -2.61. The highest BCUT2D eigenvalue weighted by Crippen LogP contribution is 2.27. The standard InChI is InChI=1S/C13H26N2O/c1-10(2)16-13-7-5-4-6-12(13)15(3)11-8-14-9-11/h10-14H,4-9H2,1-3H3/t12-,13-/m0/s1. The molecule has 0 aromatic carbocycles. The number of likely N-dealkylation sites (N-methyl/N-ethyl adjacent to an activating group) is 1. The lowest BCUT2D eigenvalue weighted by atomic mass is 9.90. The SMILES string of the molecule is CC(C)O[C@H]1CCCC[C@@H]1N(C)C1CNC1. The summed E-state index contributed by atoms with van der Waals surface area (Å²) < 4.78 is 6.08. The number of hydrogen-bond acceptors (Lipinski definition) is 3. The fourth-order valence-corrected chi connectivity index (χ4v) is 2.88. The number of hydrogen-bond donors (Lipinski definition) is 1. The van der Waals surface area contributed by atoms with E-state index in [4.69, 9.17) is 4.74 Å². The Morgan fingerprint density at radius 2 is 1.88 bits per heavy atom. The Bertz CT molecular complexity index is 216. The Labute approximate surface area is 99.5 Å². The van der Waals surface area contributed by atoms with Crippen LogP contribution in [0.3, 0.4) is 0 Å². The van der Waals surface area contributed by atoms with E-state index in [9.17, 15) is 0 Å². The van der Waals surface area contributed by atoms with Crippen molar-refractivity contribution >= 4 is 0 Å². The third-order valence-electron chi connectivity index (χ3n) is 3.97. The molecule has 1 saturated heterocycles. The summed E-state index contributed by atoms with van der Waals surface area (Å²) in [6, 6.07) is 1.38. The molecule has 0 bridgehead atoms. The maximum Gasteiger partial charge on any atom is 0.0733 e. The first-order chi connectivity index (χ1) is 7.68. The lowest BCUT2D eigenvalue weighted by Gasteiger charge is -2.45. The Hall–Kier alpha value is -0.120. The second-order valence-corrected chi connectivity index (χ2v) is 5.55. The van der Waals surface area contributed by atoms with Crippen LogP contribution in [0.4, 0.5) is 0 Å². The molecule has 1 saturated carbocycles. The lowest BCUT2D eigenvalue weighted by molar-refractivity contribution is -0.0707. The smallest absolute Gasteiger partial charge is 0.0733 e. The van der Waals surface area contributed by atoms with Crippen molar-refractivity contribution < 1.29 is 4.74 Å². The molecule has 2 fully saturated rings. The second kappa shape index (κ2) is 5.48.